The minimum absolute atomic E-state index is 0. The zero-order chi connectivity index (χ0) is 16.1. The molecule has 6 nitrogen and oxygen atoms in total. The first-order valence-corrected chi connectivity index (χ1v) is 10.0. The monoisotopic (exact) mass is 377 g/mol. The second kappa shape index (κ2) is 17.8. The van der Waals surface area contributed by atoms with Gasteiger partial charge in [-0.25, -0.2) is 0 Å². The van der Waals surface area contributed by atoms with Crippen molar-refractivity contribution < 1.29 is 12.6 Å². The highest BCUT2D eigenvalue weighted by Crippen LogP contribution is 2.13. The van der Waals surface area contributed by atoms with Gasteiger partial charge < -0.3 is 18.5 Å². The van der Waals surface area contributed by atoms with E-state index in [2.05, 4.69) is 6.92 Å². The fourth-order valence-corrected chi connectivity index (χ4v) is 3.38. The third-order valence-electron chi connectivity index (χ3n) is 3.77. The second-order valence-corrected chi connectivity index (χ2v) is 7.39. The van der Waals surface area contributed by atoms with E-state index in [1.807, 2.05) is 0 Å². The maximum atomic E-state index is 11.9. The Labute approximate surface area is 154 Å². The molecule has 0 unspecified atom stereocenters. The molecule has 0 aliphatic carbocycles. The van der Waals surface area contributed by atoms with Gasteiger partial charge in [0.15, 0.2) is 0 Å². The highest BCUT2D eigenvalue weighted by molar-refractivity contribution is 7.86. The standard InChI is InChI=1S/C18H30O3S.3H3N/c1-2-3-4-5-6-7-8-9-10-14-17-21-22(19,20)18-15-12-11-13-16-18;;;/h11-13,15-16H,2-10,14,17H2,1H3;3*1H3. The Morgan fingerprint density at radius 1 is 0.720 bits per heavy atom. The van der Waals surface area contributed by atoms with Gasteiger partial charge in [0, 0.05) is 0 Å². The molecule has 0 amide bonds. The normalized spacial score (nSPS) is 10.3. The van der Waals surface area contributed by atoms with Crippen LogP contribution in [0.5, 0.6) is 0 Å². The average molecular weight is 378 g/mol. The largest absolute Gasteiger partial charge is 0.344 e. The highest BCUT2D eigenvalue weighted by Gasteiger charge is 2.13. The molecule has 9 N–H and O–H groups in total. The predicted octanol–water partition coefficient (Wildman–Crippen LogP) is 5.80. The summed E-state index contributed by atoms with van der Waals surface area (Å²) in [5, 5.41) is 0. The molecule has 0 spiro atoms. The molecule has 0 radical (unpaired) electrons. The first-order valence-electron chi connectivity index (χ1n) is 8.61. The molecule has 0 aromatic heterocycles. The fourth-order valence-electron chi connectivity index (χ4n) is 2.41. The van der Waals surface area contributed by atoms with Crippen molar-refractivity contribution in [2.75, 3.05) is 6.61 Å². The van der Waals surface area contributed by atoms with Crippen LogP contribution in [0.1, 0.15) is 71.1 Å². The van der Waals surface area contributed by atoms with Gasteiger partial charge in [-0.1, -0.05) is 82.9 Å². The van der Waals surface area contributed by atoms with E-state index in [1.54, 1.807) is 30.3 Å². The van der Waals surface area contributed by atoms with Crippen LogP contribution in [0.2, 0.25) is 0 Å². The Hall–Kier alpha value is -0.990. The van der Waals surface area contributed by atoms with Crippen molar-refractivity contribution in [2.24, 2.45) is 0 Å². The molecule has 0 aliphatic rings. The van der Waals surface area contributed by atoms with Gasteiger partial charge in [-0.15, -0.1) is 0 Å². The third-order valence-corrected chi connectivity index (χ3v) is 5.09. The van der Waals surface area contributed by atoms with Crippen molar-refractivity contribution in [1.82, 2.24) is 18.5 Å². The van der Waals surface area contributed by atoms with Gasteiger partial charge in [-0.3, -0.25) is 4.18 Å². The maximum Gasteiger partial charge on any atom is 0.296 e. The zero-order valence-corrected chi connectivity index (χ0v) is 16.7. The lowest BCUT2D eigenvalue weighted by molar-refractivity contribution is 0.306. The molecule has 0 heterocycles. The van der Waals surface area contributed by atoms with E-state index >= 15 is 0 Å². The van der Waals surface area contributed by atoms with Crippen molar-refractivity contribution in [3.8, 4) is 0 Å². The molecular weight excluding hydrogens is 338 g/mol. The fraction of sp³-hybridized carbons (Fsp3) is 0.667. The lowest BCUT2D eigenvalue weighted by Gasteiger charge is -2.05. The average Bonchev–Trinajstić information content (AvgIpc) is 2.53. The number of rotatable bonds is 13. The van der Waals surface area contributed by atoms with E-state index in [-0.39, 0.29) is 30.0 Å². The lowest BCUT2D eigenvalue weighted by Crippen LogP contribution is -2.07. The molecule has 1 rings (SSSR count). The van der Waals surface area contributed by atoms with Crippen LogP contribution in [0.15, 0.2) is 35.2 Å². The maximum absolute atomic E-state index is 11.9. The first kappa shape index (κ1) is 28.8. The van der Waals surface area contributed by atoms with Crippen LogP contribution in [0.4, 0.5) is 0 Å². The molecule has 0 fully saturated rings. The second-order valence-electron chi connectivity index (χ2n) is 5.77. The molecule has 1 aromatic carbocycles. The van der Waals surface area contributed by atoms with Crippen LogP contribution < -0.4 is 18.5 Å². The van der Waals surface area contributed by atoms with Crippen molar-refractivity contribution in [3.05, 3.63) is 30.3 Å². The van der Waals surface area contributed by atoms with Crippen LogP contribution in [-0.2, 0) is 14.3 Å². The minimum atomic E-state index is -3.57. The number of unbranched alkanes of at least 4 members (excludes halogenated alkanes) is 9. The summed E-state index contributed by atoms with van der Waals surface area (Å²) < 4.78 is 28.8. The van der Waals surface area contributed by atoms with Gasteiger partial charge in [0.1, 0.15) is 0 Å². The van der Waals surface area contributed by atoms with Crippen molar-refractivity contribution >= 4 is 10.1 Å². The number of hydrogen-bond donors (Lipinski definition) is 3. The van der Waals surface area contributed by atoms with Crippen LogP contribution >= 0.6 is 0 Å². The SMILES string of the molecule is CCCCCCCCCCCCOS(=O)(=O)c1ccccc1.N.N.N. The third kappa shape index (κ3) is 13.9. The molecule has 1 aromatic rings. The van der Waals surface area contributed by atoms with Crippen molar-refractivity contribution in [1.29, 1.82) is 0 Å². The van der Waals surface area contributed by atoms with E-state index in [1.165, 1.54) is 51.4 Å². The van der Waals surface area contributed by atoms with Crippen LogP contribution in [0.25, 0.3) is 0 Å². The Morgan fingerprint density at radius 3 is 1.64 bits per heavy atom. The summed E-state index contributed by atoms with van der Waals surface area (Å²) in [5.74, 6) is 0. The van der Waals surface area contributed by atoms with E-state index in [4.69, 9.17) is 4.18 Å². The smallest absolute Gasteiger partial charge is 0.296 e. The summed E-state index contributed by atoms with van der Waals surface area (Å²) in [5.41, 5.74) is 0. The van der Waals surface area contributed by atoms with Gasteiger partial charge in [-0.2, -0.15) is 8.42 Å². The summed E-state index contributed by atoms with van der Waals surface area (Å²) in [6.07, 6.45) is 12.3. The van der Waals surface area contributed by atoms with Gasteiger partial charge in [-0.05, 0) is 18.6 Å². The van der Waals surface area contributed by atoms with Gasteiger partial charge >= 0.3 is 0 Å². The number of hydrogen-bond acceptors (Lipinski definition) is 6. The van der Waals surface area contributed by atoms with E-state index in [9.17, 15) is 8.42 Å². The molecular formula is C18H39N3O3S. The van der Waals surface area contributed by atoms with Gasteiger partial charge in [0.2, 0.25) is 0 Å². The topological polar surface area (TPSA) is 148 Å². The zero-order valence-electron chi connectivity index (χ0n) is 15.9. The Balaban J connectivity index is -0.00000161. The predicted molar refractivity (Wildman–Crippen MR) is 106 cm³/mol. The molecule has 25 heavy (non-hydrogen) atoms. The molecule has 0 bridgehead atoms. The molecule has 0 saturated carbocycles. The Kier molecular flexibility index (Phi) is 20.5. The molecule has 7 heteroatoms. The lowest BCUT2D eigenvalue weighted by atomic mass is 10.1. The van der Waals surface area contributed by atoms with Crippen LogP contribution in [0.3, 0.4) is 0 Å². The van der Waals surface area contributed by atoms with E-state index < -0.39 is 10.1 Å². The first-order chi connectivity index (χ1) is 10.7. The minimum Gasteiger partial charge on any atom is -0.344 e. The number of benzene rings is 1. The van der Waals surface area contributed by atoms with Gasteiger partial charge in [0.05, 0.1) is 11.5 Å². The van der Waals surface area contributed by atoms with Crippen LogP contribution in [0, 0.1) is 0 Å². The van der Waals surface area contributed by atoms with Crippen molar-refractivity contribution in [3.63, 3.8) is 0 Å². The van der Waals surface area contributed by atoms with Crippen molar-refractivity contribution in [2.45, 2.75) is 76.0 Å². The summed E-state index contributed by atoms with van der Waals surface area (Å²) in [4.78, 5) is 0.238. The Bertz CT molecular complexity index is 482. The highest BCUT2D eigenvalue weighted by atomic mass is 32.2. The summed E-state index contributed by atoms with van der Waals surface area (Å²) in [7, 11) is -3.57. The van der Waals surface area contributed by atoms with E-state index in [0.717, 1.165) is 12.8 Å². The molecule has 150 valence electrons. The summed E-state index contributed by atoms with van der Waals surface area (Å²) in [6, 6.07) is 8.33. The summed E-state index contributed by atoms with van der Waals surface area (Å²) >= 11 is 0. The Morgan fingerprint density at radius 2 is 1.16 bits per heavy atom. The van der Waals surface area contributed by atoms with Crippen LogP contribution in [-0.4, -0.2) is 15.0 Å². The van der Waals surface area contributed by atoms with Gasteiger partial charge in [0.25, 0.3) is 10.1 Å². The molecule has 0 saturated heterocycles. The summed E-state index contributed by atoms with van der Waals surface area (Å²) in [6.45, 7) is 2.52. The quantitative estimate of drug-likeness (QED) is 0.292. The molecule has 0 aliphatic heterocycles. The van der Waals surface area contributed by atoms with E-state index in [0.29, 0.717) is 0 Å². The molecule has 0 atom stereocenters.